The lowest BCUT2D eigenvalue weighted by molar-refractivity contribution is 0.102. The third kappa shape index (κ3) is 3.17. The zero-order valence-electron chi connectivity index (χ0n) is 13.4. The molecule has 0 bridgehead atoms. The minimum atomic E-state index is -0.121. The molecule has 0 saturated carbocycles. The molecule has 0 aliphatic heterocycles. The molecule has 0 aliphatic carbocycles. The van der Waals surface area contributed by atoms with Crippen LogP contribution in [0.4, 0.5) is 5.69 Å². The third-order valence-electron chi connectivity index (χ3n) is 3.68. The highest BCUT2D eigenvalue weighted by Gasteiger charge is 2.15. The number of hydrogen-bond donors (Lipinski definition) is 1. The number of benzene rings is 1. The number of nitrogens with one attached hydrogen (secondary N) is 1. The van der Waals surface area contributed by atoms with Crippen molar-refractivity contribution in [2.24, 2.45) is 0 Å². The average Bonchev–Trinajstić information content (AvgIpc) is 3.08. The van der Waals surface area contributed by atoms with E-state index in [0.717, 1.165) is 21.0 Å². The molecule has 5 nitrogen and oxygen atoms in total. The molecule has 2 heterocycles. The number of carbonyl (C=O) groups is 1. The number of amides is 1. The topological polar surface area (TPSA) is 68.0 Å². The number of aromatic nitrogens is 2. The normalized spacial score (nSPS) is 10.8. The average molecular weight is 327 g/mol. The molecule has 0 fully saturated rings. The first-order valence-corrected chi connectivity index (χ1v) is 8.05. The van der Waals surface area contributed by atoms with Crippen LogP contribution in [0.1, 0.15) is 32.3 Å². The maximum atomic E-state index is 12.4. The second kappa shape index (κ2) is 5.96. The summed E-state index contributed by atoms with van der Waals surface area (Å²) in [6.45, 7) is 7.73. The Bertz CT molecular complexity index is 880. The summed E-state index contributed by atoms with van der Waals surface area (Å²) in [6, 6.07) is 7.57. The first-order valence-electron chi connectivity index (χ1n) is 7.24. The standard InChI is InChI=1S/C17H17N3O2S/c1-9-5-6-13(7-10(9)2)17(21)19-14-8-15(23-11(14)3)16-18-12(4)22-20-16/h5-8H,1-4H3,(H,19,21). The lowest BCUT2D eigenvalue weighted by Crippen LogP contribution is -2.12. The van der Waals surface area contributed by atoms with E-state index in [9.17, 15) is 4.79 Å². The van der Waals surface area contributed by atoms with Crippen LogP contribution in [0.3, 0.4) is 0 Å². The van der Waals surface area contributed by atoms with Crippen molar-refractivity contribution in [1.82, 2.24) is 10.1 Å². The van der Waals surface area contributed by atoms with E-state index in [0.29, 0.717) is 17.3 Å². The first-order chi connectivity index (χ1) is 10.9. The Kier molecular flexibility index (Phi) is 4.00. The van der Waals surface area contributed by atoms with Crippen LogP contribution in [0.25, 0.3) is 10.7 Å². The monoisotopic (exact) mass is 327 g/mol. The zero-order chi connectivity index (χ0) is 16.6. The maximum Gasteiger partial charge on any atom is 0.255 e. The number of aryl methyl sites for hydroxylation is 4. The Morgan fingerprint density at radius 1 is 1.13 bits per heavy atom. The summed E-state index contributed by atoms with van der Waals surface area (Å²) in [7, 11) is 0. The molecule has 1 amide bonds. The van der Waals surface area contributed by atoms with Gasteiger partial charge in [-0.15, -0.1) is 11.3 Å². The fourth-order valence-corrected chi connectivity index (χ4v) is 3.09. The number of rotatable bonds is 3. The van der Waals surface area contributed by atoms with Gasteiger partial charge in [0.25, 0.3) is 5.91 Å². The molecule has 0 spiro atoms. The SMILES string of the molecule is Cc1nc(-c2cc(NC(=O)c3ccc(C)c(C)c3)c(C)s2)no1. The van der Waals surface area contributed by atoms with Gasteiger partial charge in [-0.3, -0.25) is 4.79 Å². The van der Waals surface area contributed by atoms with Crippen LogP contribution in [0.15, 0.2) is 28.8 Å². The molecule has 0 atom stereocenters. The van der Waals surface area contributed by atoms with Gasteiger partial charge in [0.15, 0.2) is 0 Å². The van der Waals surface area contributed by atoms with Crippen molar-refractivity contribution >= 4 is 22.9 Å². The fraction of sp³-hybridized carbons (Fsp3) is 0.235. The zero-order valence-corrected chi connectivity index (χ0v) is 14.2. The van der Waals surface area contributed by atoms with Crippen molar-refractivity contribution < 1.29 is 9.32 Å². The van der Waals surface area contributed by atoms with Crippen molar-refractivity contribution in [3.8, 4) is 10.7 Å². The van der Waals surface area contributed by atoms with Crippen LogP contribution in [-0.2, 0) is 0 Å². The molecule has 2 aromatic heterocycles. The predicted octanol–water partition coefficient (Wildman–Crippen LogP) is 4.28. The van der Waals surface area contributed by atoms with E-state index in [2.05, 4.69) is 15.5 Å². The Morgan fingerprint density at radius 2 is 1.91 bits per heavy atom. The van der Waals surface area contributed by atoms with E-state index >= 15 is 0 Å². The first kappa shape index (κ1) is 15.4. The van der Waals surface area contributed by atoms with Crippen molar-refractivity contribution in [3.05, 3.63) is 51.7 Å². The maximum absolute atomic E-state index is 12.4. The second-order valence-electron chi connectivity index (χ2n) is 5.47. The van der Waals surface area contributed by atoms with E-state index in [1.165, 1.54) is 16.9 Å². The van der Waals surface area contributed by atoms with Crippen molar-refractivity contribution in [2.45, 2.75) is 27.7 Å². The van der Waals surface area contributed by atoms with Gasteiger partial charge in [-0.25, -0.2) is 0 Å². The number of carbonyl (C=O) groups excluding carboxylic acids is 1. The Morgan fingerprint density at radius 3 is 2.57 bits per heavy atom. The van der Waals surface area contributed by atoms with Gasteiger partial charge < -0.3 is 9.84 Å². The molecule has 0 saturated heterocycles. The summed E-state index contributed by atoms with van der Waals surface area (Å²) in [5, 5.41) is 6.87. The van der Waals surface area contributed by atoms with E-state index in [1.54, 1.807) is 6.92 Å². The van der Waals surface area contributed by atoms with Crippen molar-refractivity contribution in [3.63, 3.8) is 0 Å². The van der Waals surface area contributed by atoms with Gasteiger partial charge >= 0.3 is 0 Å². The minimum absolute atomic E-state index is 0.121. The summed E-state index contributed by atoms with van der Waals surface area (Å²) in [5.41, 5.74) is 3.69. The molecule has 118 valence electrons. The van der Waals surface area contributed by atoms with Crippen LogP contribution in [-0.4, -0.2) is 16.0 Å². The van der Waals surface area contributed by atoms with E-state index in [4.69, 9.17) is 4.52 Å². The van der Waals surface area contributed by atoms with Crippen LogP contribution in [0.5, 0.6) is 0 Å². The Hall–Kier alpha value is -2.47. The van der Waals surface area contributed by atoms with Crippen molar-refractivity contribution in [1.29, 1.82) is 0 Å². The molecule has 0 unspecified atom stereocenters. The van der Waals surface area contributed by atoms with Crippen LogP contribution in [0.2, 0.25) is 0 Å². The number of hydrogen-bond acceptors (Lipinski definition) is 5. The van der Waals surface area contributed by atoms with Gasteiger partial charge in [-0.2, -0.15) is 4.98 Å². The second-order valence-corrected chi connectivity index (χ2v) is 6.73. The van der Waals surface area contributed by atoms with Crippen LogP contribution in [0, 0.1) is 27.7 Å². The van der Waals surface area contributed by atoms with Gasteiger partial charge in [-0.05, 0) is 50.1 Å². The third-order valence-corrected chi connectivity index (χ3v) is 4.73. The molecular weight excluding hydrogens is 310 g/mol. The summed E-state index contributed by atoms with van der Waals surface area (Å²) >= 11 is 1.52. The van der Waals surface area contributed by atoms with Gasteiger partial charge in [0.2, 0.25) is 11.7 Å². The largest absolute Gasteiger partial charge is 0.339 e. The highest BCUT2D eigenvalue weighted by molar-refractivity contribution is 7.16. The van der Waals surface area contributed by atoms with Crippen LogP contribution >= 0.6 is 11.3 Å². The summed E-state index contributed by atoms with van der Waals surface area (Å²) < 4.78 is 5.00. The summed E-state index contributed by atoms with van der Waals surface area (Å²) in [6.07, 6.45) is 0. The minimum Gasteiger partial charge on any atom is -0.339 e. The van der Waals surface area contributed by atoms with E-state index in [-0.39, 0.29) is 5.91 Å². The molecular formula is C17H17N3O2S. The molecule has 3 aromatic rings. The lowest BCUT2D eigenvalue weighted by atomic mass is 10.1. The summed E-state index contributed by atoms with van der Waals surface area (Å²) in [4.78, 5) is 18.5. The molecule has 6 heteroatoms. The van der Waals surface area contributed by atoms with Gasteiger partial charge in [0.1, 0.15) is 0 Å². The Labute approximate surface area is 138 Å². The van der Waals surface area contributed by atoms with Gasteiger partial charge in [-0.1, -0.05) is 11.2 Å². The van der Waals surface area contributed by atoms with E-state index in [1.807, 2.05) is 45.0 Å². The fourth-order valence-electron chi connectivity index (χ4n) is 2.19. The number of anilines is 1. The Balaban J connectivity index is 1.83. The molecule has 0 aliphatic rings. The van der Waals surface area contributed by atoms with Crippen LogP contribution < -0.4 is 5.32 Å². The lowest BCUT2D eigenvalue weighted by Gasteiger charge is -2.06. The quantitative estimate of drug-likeness (QED) is 0.779. The highest BCUT2D eigenvalue weighted by atomic mass is 32.1. The van der Waals surface area contributed by atoms with Gasteiger partial charge in [0, 0.05) is 17.4 Å². The molecule has 23 heavy (non-hydrogen) atoms. The highest BCUT2D eigenvalue weighted by Crippen LogP contribution is 2.33. The molecule has 3 rings (SSSR count). The molecule has 0 radical (unpaired) electrons. The predicted molar refractivity (Wildman–Crippen MR) is 91.0 cm³/mol. The van der Waals surface area contributed by atoms with Gasteiger partial charge in [0.05, 0.1) is 10.6 Å². The number of thiophene rings is 1. The molecule has 1 N–H and O–H groups in total. The molecule has 1 aromatic carbocycles. The smallest absolute Gasteiger partial charge is 0.255 e. The van der Waals surface area contributed by atoms with E-state index < -0.39 is 0 Å². The summed E-state index contributed by atoms with van der Waals surface area (Å²) in [5.74, 6) is 0.943. The van der Waals surface area contributed by atoms with Crippen molar-refractivity contribution in [2.75, 3.05) is 5.32 Å². The number of nitrogens with zero attached hydrogens (tertiary/aromatic N) is 2.